The van der Waals surface area contributed by atoms with Crippen molar-refractivity contribution < 1.29 is 4.79 Å². The lowest BCUT2D eigenvalue weighted by molar-refractivity contribution is 0.0731. The first-order valence-corrected chi connectivity index (χ1v) is 13.9. The van der Waals surface area contributed by atoms with Crippen molar-refractivity contribution in [3.8, 4) is 6.07 Å². The second kappa shape index (κ2) is 9.74. The van der Waals surface area contributed by atoms with Crippen molar-refractivity contribution in [3.63, 3.8) is 0 Å². The molecule has 2 fully saturated rings. The van der Waals surface area contributed by atoms with Gasteiger partial charge in [-0.25, -0.2) is 4.98 Å². The van der Waals surface area contributed by atoms with Crippen molar-refractivity contribution in [1.29, 1.82) is 5.26 Å². The van der Waals surface area contributed by atoms with Crippen LogP contribution in [0.15, 0.2) is 35.4 Å². The van der Waals surface area contributed by atoms with Crippen molar-refractivity contribution in [2.24, 2.45) is 16.9 Å². The molecule has 3 heterocycles. The maximum Gasteiger partial charge on any atom is 0.272 e. The minimum atomic E-state index is -0.00346. The fraction of sp³-hybridized carbons (Fsp3) is 0.517. The van der Waals surface area contributed by atoms with Crippen LogP contribution in [0, 0.1) is 23.2 Å². The topological polar surface area (TPSA) is 75.8 Å². The molecule has 1 amide bonds. The first kappa shape index (κ1) is 24.4. The predicted octanol–water partition coefficient (Wildman–Crippen LogP) is 4.73. The number of pyridine rings is 1. The van der Waals surface area contributed by atoms with Crippen LogP contribution in [-0.2, 0) is 6.42 Å². The predicted molar refractivity (Wildman–Crippen MR) is 145 cm³/mol. The summed E-state index contributed by atoms with van der Waals surface area (Å²) in [4.78, 5) is 22.3. The van der Waals surface area contributed by atoms with Crippen LogP contribution in [0.1, 0.15) is 65.8 Å². The zero-order valence-electron chi connectivity index (χ0n) is 21.5. The van der Waals surface area contributed by atoms with Gasteiger partial charge >= 0.3 is 0 Å². The van der Waals surface area contributed by atoms with Gasteiger partial charge in [-0.3, -0.25) is 9.80 Å². The van der Waals surface area contributed by atoms with E-state index in [1.165, 1.54) is 25.7 Å². The van der Waals surface area contributed by atoms with Gasteiger partial charge in [-0.15, -0.1) is 0 Å². The Morgan fingerprint density at radius 1 is 1.16 bits per heavy atom. The van der Waals surface area contributed by atoms with Crippen LogP contribution in [0.5, 0.6) is 0 Å². The fourth-order valence-electron chi connectivity index (χ4n) is 6.86. The number of hydrogen-bond donors (Lipinski definition) is 0. The van der Waals surface area contributed by atoms with Gasteiger partial charge in [0.05, 0.1) is 33.7 Å². The SMILES string of the molecule is CN1CC[C@@H](N(C)C(=O)c2ccc3c(n2)CCC2C3=NN(c3ccc(C#N)c(Cl)c3)C2C2CCCC2)C1. The standard InChI is InChI=1S/C29H33ClN6O/c1-34-14-13-21(17-34)35(2)29(37)26-12-9-22-25(32-26)11-10-23-27(22)33-36(28(23)18-5-3-4-6-18)20-8-7-19(16-31)24(30)15-20/h7-9,12,15,18,21,23,28H,3-6,10-11,13-14,17H2,1-2H3/t21-,23?,28?/m1/s1. The zero-order chi connectivity index (χ0) is 25.7. The highest BCUT2D eigenvalue weighted by molar-refractivity contribution is 6.32. The molecule has 3 atom stereocenters. The second-order valence-electron chi connectivity index (χ2n) is 11.1. The molecule has 192 valence electrons. The highest BCUT2D eigenvalue weighted by Gasteiger charge is 2.46. The number of aryl methyl sites for hydroxylation is 1. The lowest BCUT2D eigenvalue weighted by Crippen LogP contribution is -2.41. The molecule has 0 N–H and O–H groups in total. The molecule has 1 saturated heterocycles. The molecule has 37 heavy (non-hydrogen) atoms. The summed E-state index contributed by atoms with van der Waals surface area (Å²) >= 11 is 6.43. The number of nitrogens with zero attached hydrogens (tertiary/aromatic N) is 6. The Bertz CT molecular complexity index is 1300. The Labute approximate surface area is 223 Å². The monoisotopic (exact) mass is 516 g/mol. The van der Waals surface area contributed by atoms with Crippen LogP contribution in [0.2, 0.25) is 5.02 Å². The minimum absolute atomic E-state index is 0.00346. The number of likely N-dealkylation sites (N-methyl/N-ethyl adjacent to an activating group) is 2. The van der Waals surface area contributed by atoms with E-state index in [9.17, 15) is 10.1 Å². The molecular weight excluding hydrogens is 484 g/mol. The zero-order valence-corrected chi connectivity index (χ0v) is 22.3. The Hall–Kier alpha value is -2.95. The first-order valence-electron chi connectivity index (χ1n) is 13.5. The molecule has 1 aromatic carbocycles. The van der Waals surface area contributed by atoms with Gasteiger partial charge in [0.25, 0.3) is 5.91 Å². The van der Waals surface area contributed by atoms with Gasteiger partial charge in [0.15, 0.2) is 0 Å². The Kier molecular flexibility index (Phi) is 6.42. The number of aromatic nitrogens is 1. The van der Waals surface area contributed by atoms with E-state index in [0.29, 0.717) is 28.1 Å². The summed E-state index contributed by atoms with van der Waals surface area (Å²) in [5.41, 5.74) is 5.07. The second-order valence-corrected chi connectivity index (χ2v) is 11.5. The lowest BCUT2D eigenvalue weighted by atomic mass is 9.76. The summed E-state index contributed by atoms with van der Waals surface area (Å²) in [7, 11) is 4.00. The number of hydrogen-bond acceptors (Lipinski definition) is 6. The van der Waals surface area contributed by atoms with Gasteiger partial charge in [0.2, 0.25) is 0 Å². The fourth-order valence-corrected chi connectivity index (χ4v) is 7.07. The summed E-state index contributed by atoms with van der Waals surface area (Å²) in [5.74, 6) is 0.899. The average molecular weight is 517 g/mol. The van der Waals surface area contributed by atoms with E-state index >= 15 is 0 Å². The van der Waals surface area contributed by atoms with E-state index < -0.39 is 0 Å². The average Bonchev–Trinajstić information content (AvgIpc) is 3.67. The summed E-state index contributed by atoms with van der Waals surface area (Å²) in [5, 5.41) is 17.2. The molecule has 7 nitrogen and oxygen atoms in total. The molecule has 6 rings (SSSR count). The van der Waals surface area contributed by atoms with Crippen LogP contribution >= 0.6 is 11.6 Å². The number of hydrazone groups is 1. The van der Waals surface area contributed by atoms with Crippen LogP contribution in [0.4, 0.5) is 5.69 Å². The highest BCUT2D eigenvalue weighted by Crippen LogP contribution is 2.45. The molecule has 0 bridgehead atoms. The lowest BCUT2D eigenvalue weighted by Gasteiger charge is -2.34. The van der Waals surface area contributed by atoms with Crippen molar-refractivity contribution in [1.82, 2.24) is 14.8 Å². The molecule has 4 aliphatic rings. The van der Waals surface area contributed by atoms with Gasteiger partial charge in [0.1, 0.15) is 11.8 Å². The number of carbonyl (C=O) groups excluding carboxylic acids is 1. The number of carbonyl (C=O) groups is 1. The quantitative estimate of drug-likeness (QED) is 0.587. The van der Waals surface area contributed by atoms with Gasteiger partial charge in [-0.2, -0.15) is 10.4 Å². The van der Waals surface area contributed by atoms with Crippen molar-refractivity contribution in [2.75, 3.05) is 32.2 Å². The Balaban J connectivity index is 1.32. The largest absolute Gasteiger partial charge is 0.336 e. The summed E-state index contributed by atoms with van der Waals surface area (Å²) in [6.07, 6.45) is 7.78. The summed E-state index contributed by atoms with van der Waals surface area (Å²) in [6.45, 7) is 1.92. The third-order valence-electron chi connectivity index (χ3n) is 8.88. The molecule has 8 heteroatoms. The van der Waals surface area contributed by atoms with Crippen molar-refractivity contribution in [2.45, 2.75) is 57.0 Å². The van der Waals surface area contributed by atoms with Crippen molar-refractivity contribution >= 4 is 28.9 Å². The van der Waals surface area contributed by atoms with Crippen LogP contribution < -0.4 is 5.01 Å². The van der Waals surface area contributed by atoms with Crippen molar-refractivity contribution in [3.05, 3.63) is 57.9 Å². The first-order chi connectivity index (χ1) is 17.9. The number of halogens is 1. The number of rotatable bonds is 4. The number of likely N-dealkylation sites (tertiary alicyclic amines) is 1. The molecule has 2 aliphatic carbocycles. The van der Waals surface area contributed by atoms with E-state index in [-0.39, 0.29) is 18.0 Å². The van der Waals surface area contributed by atoms with E-state index in [1.54, 1.807) is 6.07 Å². The number of amides is 1. The highest BCUT2D eigenvalue weighted by atomic mass is 35.5. The molecule has 2 unspecified atom stereocenters. The third kappa shape index (κ3) is 4.30. The molecule has 0 spiro atoms. The maximum atomic E-state index is 13.3. The Morgan fingerprint density at radius 3 is 2.68 bits per heavy atom. The van der Waals surface area contributed by atoms with E-state index in [2.05, 4.69) is 29.1 Å². The van der Waals surface area contributed by atoms with Gasteiger partial charge in [-0.05, 0) is 81.9 Å². The summed E-state index contributed by atoms with van der Waals surface area (Å²) in [6, 6.07) is 12.2. The molecular formula is C29H33ClN6O. The number of benzene rings is 1. The molecule has 1 aromatic heterocycles. The van der Waals surface area contributed by atoms with Crippen LogP contribution in [-0.4, -0.2) is 65.7 Å². The Morgan fingerprint density at radius 2 is 1.97 bits per heavy atom. The molecule has 1 saturated carbocycles. The maximum absolute atomic E-state index is 13.3. The minimum Gasteiger partial charge on any atom is -0.336 e. The third-order valence-corrected chi connectivity index (χ3v) is 9.19. The number of fused-ring (bicyclic) bond motifs is 3. The molecule has 2 aromatic rings. The number of anilines is 1. The van der Waals surface area contributed by atoms with Gasteiger partial charge in [0, 0.05) is 31.1 Å². The van der Waals surface area contributed by atoms with Gasteiger partial charge < -0.3 is 9.80 Å². The smallest absolute Gasteiger partial charge is 0.272 e. The number of nitriles is 1. The van der Waals surface area contributed by atoms with Crippen LogP contribution in [0.25, 0.3) is 0 Å². The molecule has 0 radical (unpaired) electrons. The van der Waals surface area contributed by atoms with E-state index in [1.807, 2.05) is 30.1 Å². The molecule has 2 aliphatic heterocycles. The normalized spacial score (nSPS) is 25.5. The van der Waals surface area contributed by atoms with E-state index in [4.69, 9.17) is 21.7 Å². The van der Waals surface area contributed by atoms with Crippen LogP contribution in [0.3, 0.4) is 0 Å². The van der Waals surface area contributed by atoms with Gasteiger partial charge in [-0.1, -0.05) is 24.4 Å². The van der Waals surface area contributed by atoms with E-state index in [0.717, 1.165) is 55.0 Å². The summed E-state index contributed by atoms with van der Waals surface area (Å²) < 4.78 is 0.